The van der Waals surface area contributed by atoms with Crippen molar-refractivity contribution >= 4 is 11.9 Å². The minimum atomic E-state index is -0.727. The van der Waals surface area contributed by atoms with Crippen molar-refractivity contribution in [2.24, 2.45) is 0 Å². The van der Waals surface area contributed by atoms with E-state index in [1.54, 1.807) is 13.8 Å². The number of hydrogen-bond donors (Lipinski definition) is 1. The van der Waals surface area contributed by atoms with Crippen LogP contribution in [0.1, 0.15) is 39.3 Å². The summed E-state index contributed by atoms with van der Waals surface area (Å²) in [5, 5.41) is 0. The van der Waals surface area contributed by atoms with Crippen LogP contribution in [0, 0.1) is 0 Å². The fourth-order valence-corrected chi connectivity index (χ4v) is 2.33. The van der Waals surface area contributed by atoms with Crippen LogP contribution >= 0.6 is 0 Å². The van der Waals surface area contributed by atoms with Crippen LogP contribution in [0.25, 0.3) is 0 Å². The number of aromatic nitrogens is 2. The van der Waals surface area contributed by atoms with Gasteiger partial charge in [0.2, 0.25) is 0 Å². The van der Waals surface area contributed by atoms with Gasteiger partial charge in [-0.3, -0.25) is 23.9 Å². The highest BCUT2D eigenvalue weighted by Crippen LogP contribution is 2.30. The summed E-state index contributed by atoms with van der Waals surface area (Å²) in [6, 6.07) is 1.20. The molecule has 1 aliphatic rings. The first kappa shape index (κ1) is 17.9. The second-order valence-electron chi connectivity index (χ2n) is 5.30. The van der Waals surface area contributed by atoms with Crippen molar-refractivity contribution in [3.63, 3.8) is 0 Å². The smallest absolute Gasteiger partial charge is 0.330 e. The lowest BCUT2D eigenvalue weighted by Crippen LogP contribution is -2.32. The Balaban J connectivity index is 2.15. The van der Waals surface area contributed by atoms with Gasteiger partial charge in [-0.25, -0.2) is 4.79 Å². The minimum Gasteiger partial charge on any atom is -0.463 e. The summed E-state index contributed by atoms with van der Waals surface area (Å²) >= 11 is 0. The second-order valence-corrected chi connectivity index (χ2v) is 5.30. The van der Waals surface area contributed by atoms with Crippen LogP contribution in [-0.2, 0) is 23.8 Å². The lowest BCUT2D eigenvalue weighted by molar-refractivity contribution is -0.157. The van der Waals surface area contributed by atoms with E-state index in [0.29, 0.717) is 0 Å². The van der Waals surface area contributed by atoms with E-state index >= 15 is 0 Å². The van der Waals surface area contributed by atoms with Gasteiger partial charge in [-0.2, -0.15) is 0 Å². The van der Waals surface area contributed by atoms with Gasteiger partial charge in [0.1, 0.15) is 25.0 Å². The fourth-order valence-electron chi connectivity index (χ4n) is 2.33. The molecule has 0 aliphatic carbocycles. The average molecular weight is 340 g/mol. The molecule has 132 valence electrons. The van der Waals surface area contributed by atoms with Gasteiger partial charge in [0.25, 0.3) is 5.56 Å². The predicted molar refractivity (Wildman–Crippen MR) is 81.3 cm³/mol. The molecule has 1 aliphatic heterocycles. The highest BCUT2D eigenvalue weighted by atomic mass is 16.6. The highest BCUT2D eigenvalue weighted by Gasteiger charge is 2.39. The van der Waals surface area contributed by atoms with E-state index in [-0.39, 0.29) is 25.9 Å². The summed E-state index contributed by atoms with van der Waals surface area (Å²) in [6.07, 6.45) is -0.118. The molecule has 0 saturated carbocycles. The van der Waals surface area contributed by atoms with E-state index in [4.69, 9.17) is 14.2 Å². The van der Waals surface area contributed by atoms with Crippen LogP contribution in [-0.4, -0.2) is 40.3 Å². The van der Waals surface area contributed by atoms with Gasteiger partial charge < -0.3 is 14.2 Å². The first-order valence-corrected chi connectivity index (χ1v) is 7.76. The maximum atomic E-state index is 11.9. The average Bonchev–Trinajstić information content (AvgIpc) is 2.94. The lowest BCUT2D eigenvalue weighted by atomic mass is 10.2. The number of aromatic amines is 1. The molecular weight excluding hydrogens is 320 g/mol. The molecule has 0 radical (unpaired) electrons. The number of rotatable bonds is 6. The van der Waals surface area contributed by atoms with Gasteiger partial charge in [-0.1, -0.05) is 13.8 Å². The first-order chi connectivity index (χ1) is 11.4. The Labute approximate surface area is 137 Å². The molecule has 1 aromatic heterocycles. The molecule has 2 rings (SSSR count). The minimum absolute atomic E-state index is 0.0804. The van der Waals surface area contributed by atoms with E-state index < -0.39 is 41.6 Å². The number of hydrogen-bond acceptors (Lipinski definition) is 7. The Morgan fingerprint density at radius 3 is 2.62 bits per heavy atom. The van der Waals surface area contributed by atoms with Crippen LogP contribution in [0.2, 0.25) is 0 Å². The van der Waals surface area contributed by atoms with Gasteiger partial charge in [-0.15, -0.1) is 0 Å². The monoisotopic (exact) mass is 340 g/mol. The Hall–Kier alpha value is -2.42. The molecule has 9 nitrogen and oxygen atoms in total. The molecule has 0 spiro atoms. The Morgan fingerprint density at radius 2 is 2.00 bits per heavy atom. The van der Waals surface area contributed by atoms with Crippen molar-refractivity contribution in [2.45, 2.75) is 51.5 Å². The summed E-state index contributed by atoms with van der Waals surface area (Å²) in [7, 11) is 0. The zero-order chi connectivity index (χ0) is 17.7. The lowest BCUT2D eigenvalue weighted by Gasteiger charge is -2.18. The fraction of sp³-hybridized carbons (Fsp3) is 0.600. The van der Waals surface area contributed by atoms with E-state index in [9.17, 15) is 19.2 Å². The standard InChI is InChI=1S/C15H20N2O7/c1-3-13(19)22-8-10-9(24-14(20)4-2)7-12(23-10)17-6-5-11(18)16-15(17)21/h5-6,9-10,12H,3-4,7-8H2,1-2H3,(H,16,18,21)/t9-,10-,12-/m0/s1. The molecule has 0 aromatic carbocycles. The number of ether oxygens (including phenoxy) is 3. The number of H-pyrrole nitrogens is 1. The number of carbonyl (C=O) groups excluding carboxylic acids is 2. The molecule has 1 fully saturated rings. The molecule has 1 aromatic rings. The maximum Gasteiger partial charge on any atom is 0.330 e. The van der Waals surface area contributed by atoms with E-state index in [2.05, 4.69) is 4.98 Å². The number of nitrogens with zero attached hydrogens (tertiary/aromatic N) is 1. The molecule has 0 amide bonds. The van der Waals surface area contributed by atoms with E-state index in [0.717, 1.165) is 0 Å². The van der Waals surface area contributed by atoms with Gasteiger partial charge in [-0.05, 0) is 0 Å². The third kappa shape index (κ3) is 4.31. The van der Waals surface area contributed by atoms with Crippen molar-refractivity contribution < 1.29 is 23.8 Å². The third-order valence-electron chi connectivity index (χ3n) is 3.61. The summed E-state index contributed by atoms with van der Waals surface area (Å²) in [5.41, 5.74) is -1.14. The molecular formula is C15H20N2O7. The van der Waals surface area contributed by atoms with Crippen molar-refractivity contribution in [1.29, 1.82) is 0 Å². The largest absolute Gasteiger partial charge is 0.463 e. The number of esters is 2. The van der Waals surface area contributed by atoms with Crippen molar-refractivity contribution in [3.05, 3.63) is 33.1 Å². The number of nitrogens with one attached hydrogen (secondary N) is 1. The molecule has 0 unspecified atom stereocenters. The Bertz CT molecular complexity index is 708. The highest BCUT2D eigenvalue weighted by molar-refractivity contribution is 5.69. The SMILES string of the molecule is CCC(=O)OC[C@@H]1O[C@H](n2ccc(=O)[nH]c2=O)C[C@@H]1OC(=O)CC. The van der Waals surface area contributed by atoms with Gasteiger partial charge in [0, 0.05) is 31.5 Å². The topological polar surface area (TPSA) is 117 Å². The first-order valence-electron chi connectivity index (χ1n) is 7.76. The van der Waals surface area contributed by atoms with Crippen LogP contribution in [0.15, 0.2) is 21.9 Å². The van der Waals surface area contributed by atoms with Crippen LogP contribution in [0.3, 0.4) is 0 Å². The van der Waals surface area contributed by atoms with Crippen LogP contribution in [0.4, 0.5) is 0 Å². The summed E-state index contributed by atoms with van der Waals surface area (Å²) in [4.78, 5) is 48.0. The summed E-state index contributed by atoms with van der Waals surface area (Å²) < 4.78 is 17.3. The van der Waals surface area contributed by atoms with E-state index in [1.807, 2.05) is 0 Å². The molecule has 0 bridgehead atoms. The third-order valence-corrected chi connectivity index (χ3v) is 3.61. The number of carbonyl (C=O) groups is 2. The molecule has 9 heteroatoms. The van der Waals surface area contributed by atoms with Crippen LogP contribution < -0.4 is 11.2 Å². The van der Waals surface area contributed by atoms with Crippen molar-refractivity contribution in [2.75, 3.05) is 6.61 Å². The maximum absolute atomic E-state index is 11.9. The summed E-state index contributed by atoms with van der Waals surface area (Å²) in [5.74, 6) is -0.811. The summed E-state index contributed by atoms with van der Waals surface area (Å²) in [6.45, 7) is 3.24. The molecule has 1 N–H and O–H groups in total. The Kier molecular flexibility index (Phi) is 5.91. The van der Waals surface area contributed by atoms with Gasteiger partial charge in [0.05, 0.1) is 0 Å². The van der Waals surface area contributed by atoms with Gasteiger partial charge >= 0.3 is 17.6 Å². The Morgan fingerprint density at radius 1 is 1.29 bits per heavy atom. The van der Waals surface area contributed by atoms with Crippen molar-refractivity contribution in [3.8, 4) is 0 Å². The second kappa shape index (κ2) is 7.91. The molecule has 3 atom stereocenters. The molecule has 24 heavy (non-hydrogen) atoms. The van der Waals surface area contributed by atoms with Crippen LogP contribution in [0.5, 0.6) is 0 Å². The zero-order valence-electron chi connectivity index (χ0n) is 13.5. The molecule has 1 saturated heterocycles. The quantitative estimate of drug-likeness (QED) is 0.730. The zero-order valence-corrected chi connectivity index (χ0v) is 13.5. The van der Waals surface area contributed by atoms with Crippen molar-refractivity contribution in [1.82, 2.24) is 9.55 Å². The molecule has 2 heterocycles. The normalized spacial score (nSPS) is 23.0. The van der Waals surface area contributed by atoms with E-state index in [1.165, 1.54) is 16.8 Å². The van der Waals surface area contributed by atoms with Gasteiger partial charge in [0.15, 0.2) is 0 Å². The predicted octanol–water partition coefficient (Wildman–Crippen LogP) is 0.0991.